The van der Waals surface area contributed by atoms with Gasteiger partial charge in [0, 0.05) is 25.1 Å². The van der Waals surface area contributed by atoms with E-state index in [2.05, 4.69) is 0 Å². The highest BCUT2D eigenvalue weighted by Crippen LogP contribution is 2.39. The minimum atomic E-state index is -3.83. The SMILES string of the molecule is N#CCCN(C1CC1)S(=O)(=O)c1cc([N+](=O)[O-])c(N)s1. The van der Waals surface area contributed by atoms with Crippen LogP contribution in [-0.2, 0) is 10.0 Å². The van der Waals surface area contributed by atoms with Gasteiger partial charge in [0.25, 0.3) is 10.0 Å². The van der Waals surface area contributed by atoms with Crippen molar-refractivity contribution >= 4 is 32.0 Å². The number of nitriles is 1. The fraction of sp³-hybridized carbons (Fsp3) is 0.500. The van der Waals surface area contributed by atoms with E-state index in [0.29, 0.717) is 11.3 Å². The number of nitrogens with zero attached hydrogens (tertiary/aromatic N) is 3. The van der Waals surface area contributed by atoms with E-state index in [1.807, 2.05) is 6.07 Å². The maximum atomic E-state index is 12.5. The van der Waals surface area contributed by atoms with Gasteiger partial charge in [-0.05, 0) is 12.8 Å². The molecular weight excluding hydrogens is 304 g/mol. The number of hydrogen-bond acceptors (Lipinski definition) is 7. The van der Waals surface area contributed by atoms with E-state index in [4.69, 9.17) is 11.0 Å². The van der Waals surface area contributed by atoms with Gasteiger partial charge in [0.05, 0.1) is 11.0 Å². The first-order valence-corrected chi connectivity index (χ1v) is 8.06. The van der Waals surface area contributed by atoms with Gasteiger partial charge in [-0.25, -0.2) is 8.42 Å². The first-order chi connectivity index (χ1) is 9.37. The molecular formula is C10H12N4O4S2. The van der Waals surface area contributed by atoms with Gasteiger partial charge in [-0.15, -0.1) is 0 Å². The lowest BCUT2D eigenvalue weighted by Crippen LogP contribution is -2.33. The molecule has 2 N–H and O–H groups in total. The Kier molecular flexibility index (Phi) is 3.94. The van der Waals surface area contributed by atoms with Crippen molar-refractivity contribution in [1.29, 1.82) is 5.26 Å². The summed E-state index contributed by atoms with van der Waals surface area (Å²) in [7, 11) is -3.83. The zero-order chi connectivity index (χ0) is 14.9. The van der Waals surface area contributed by atoms with Gasteiger partial charge < -0.3 is 5.73 Å². The van der Waals surface area contributed by atoms with Gasteiger partial charge in [-0.2, -0.15) is 9.57 Å². The van der Waals surface area contributed by atoms with Gasteiger partial charge in [-0.3, -0.25) is 10.1 Å². The average molecular weight is 316 g/mol. The topological polar surface area (TPSA) is 130 Å². The highest BCUT2D eigenvalue weighted by atomic mass is 32.2. The number of rotatable bonds is 6. The summed E-state index contributed by atoms with van der Waals surface area (Å²) in [6, 6.07) is 2.77. The van der Waals surface area contributed by atoms with Crippen LogP contribution in [0.2, 0.25) is 0 Å². The average Bonchev–Trinajstić information content (AvgIpc) is 3.10. The van der Waals surface area contributed by atoms with E-state index in [1.54, 1.807) is 0 Å². The van der Waals surface area contributed by atoms with Crippen LogP contribution >= 0.6 is 11.3 Å². The smallest absolute Gasteiger partial charge is 0.304 e. The molecule has 8 nitrogen and oxygen atoms in total. The third kappa shape index (κ3) is 2.74. The first-order valence-electron chi connectivity index (χ1n) is 5.80. The Bertz CT molecular complexity index is 672. The number of hydrogen-bond donors (Lipinski definition) is 1. The van der Waals surface area contributed by atoms with E-state index < -0.39 is 20.6 Å². The summed E-state index contributed by atoms with van der Waals surface area (Å²) in [6.45, 7) is 0.0924. The summed E-state index contributed by atoms with van der Waals surface area (Å²) in [5.41, 5.74) is 5.07. The van der Waals surface area contributed by atoms with Crippen LogP contribution in [0.1, 0.15) is 19.3 Å². The fourth-order valence-corrected chi connectivity index (χ4v) is 4.81. The van der Waals surface area contributed by atoms with Gasteiger partial charge in [0.15, 0.2) is 5.00 Å². The molecule has 0 radical (unpaired) electrons. The Labute approximate surface area is 119 Å². The Morgan fingerprint density at radius 1 is 1.60 bits per heavy atom. The van der Waals surface area contributed by atoms with Gasteiger partial charge in [0.2, 0.25) is 0 Å². The van der Waals surface area contributed by atoms with Crippen molar-refractivity contribution in [2.75, 3.05) is 12.3 Å². The maximum Gasteiger partial charge on any atom is 0.304 e. The molecule has 0 aliphatic heterocycles. The number of nitrogens with two attached hydrogens (primary N) is 1. The monoisotopic (exact) mass is 316 g/mol. The molecule has 108 valence electrons. The van der Waals surface area contributed by atoms with Crippen molar-refractivity contribution in [1.82, 2.24) is 4.31 Å². The lowest BCUT2D eigenvalue weighted by atomic mass is 10.4. The molecule has 1 aromatic rings. The number of nitrogen functional groups attached to an aromatic ring is 1. The van der Waals surface area contributed by atoms with Crippen LogP contribution in [0, 0.1) is 21.4 Å². The minimum Gasteiger partial charge on any atom is -0.385 e. The van der Waals surface area contributed by atoms with Crippen LogP contribution in [0.5, 0.6) is 0 Å². The minimum absolute atomic E-state index is 0.0820. The fourth-order valence-electron chi connectivity index (χ4n) is 1.78. The number of sulfonamides is 1. The predicted molar refractivity (Wildman–Crippen MR) is 72.5 cm³/mol. The van der Waals surface area contributed by atoms with Crippen molar-refractivity contribution in [2.24, 2.45) is 0 Å². The molecule has 0 unspecified atom stereocenters. The van der Waals surface area contributed by atoms with Crippen LogP contribution < -0.4 is 5.73 Å². The summed E-state index contributed by atoms with van der Waals surface area (Å²) in [5.74, 6) is 0. The summed E-state index contributed by atoms with van der Waals surface area (Å²) in [4.78, 5) is 10.0. The van der Waals surface area contributed by atoms with Crippen LogP contribution in [0.3, 0.4) is 0 Å². The van der Waals surface area contributed by atoms with E-state index in [0.717, 1.165) is 18.9 Å². The highest BCUT2D eigenvalue weighted by molar-refractivity contribution is 7.91. The Morgan fingerprint density at radius 2 is 2.25 bits per heavy atom. The van der Waals surface area contributed by atoms with E-state index >= 15 is 0 Å². The summed E-state index contributed by atoms with van der Waals surface area (Å²) in [6.07, 6.45) is 1.57. The molecule has 10 heteroatoms. The molecule has 0 saturated heterocycles. The van der Waals surface area contributed by atoms with Crippen LogP contribution in [0.4, 0.5) is 10.7 Å². The first kappa shape index (κ1) is 14.7. The zero-order valence-electron chi connectivity index (χ0n) is 10.4. The zero-order valence-corrected chi connectivity index (χ0v) is 12.0. The van der Waals surface area contributed by atoms with E-state index in [1.165, 1.54) is 4.31 Å². The van der Waals surface area contributed by atoms with Gasteiger partial charge in [-0.1, -0.05) is 11.3 Å². The second kappa shape index (κ2) is 5.35. The van der Waals surface area contributed by atoms with Crippen molar-refractivity contribution in [3.05, 3.63) is 16.2 Å². The van der Waals surface area contributed by atoms with Crippen molar-refractivity contribution in [3.8, 4) is 6.07 Å². The van der Waals surface area contributed by atoms with Gasteiger partial charge >= 0.3 is 5.69 Å². The highest BCUT2D eigenvalue weighted by Gasteiger charge is 2.39. The largest absolute Gasteiger partial charge is 0.385 e. The van der Waals surface area contributed by atoms with Gasteiger partial charge in [0.1, 0.15) is 4.21 Å². The lowest BCUT2D eigenvalue weighted by molar-refractivity contribution is -0.383. The summed E-state index contributed by atoms with van der Waals surface area (Å²) < 4.78 is 26.0. The Morgan fingerprint density at radius 3 is 2.70 bits per heavy atom. The molecule has 0 aromatic carbocycles. The number of nitro groups is 1. The predicted octanol–water partition coefficient (Wildman–Crippen LogP) is 1.31. The molecule has 1 fully saturated rings. The van der Waals surface area contributed by atoms with E-state index in [9.17, 15) is 18.5 Å². The van der Waals surface area contributed by atoms with E-state index in [-0.39, 0.29) is 28.2 Å². The molecule has 0 atom stereocenters. The summed E-state index contributed by atoms with van der Waals surface area (Å²) in [5, 5.41) is 19.2. The second-order valence-corrected chi connectivity index (χ2v) is 7.53. The molecule has 20 heavy (non-hydrogen) atoms. The van der Waals surface area contributed by atoms with Crippen LogP contribution in [0.25, 0.3) is 0 Å². The third-order valence-corrected chi connectivity index (χ3v) is 6.23. The van der Waals surface area contributed by atoms with Crippen LogP contribution in [-0.4, -0.2) is 30.2 Å². The number of anilines is 1. The molecule has 1 aromatic heterocycles. The molecule has 1 saturated carbocycles. The molecule has 0 spiro atoms. The molecule has 1 aliphatic carbocycles. The molecule has 1 aliphatic rings. The summed E-state index contributed by atoms with van der Waals surface area (Å²) >= 11 is 0.680. The van der Waals surface area contributed by atoms with Crippen molar-refractivity contribution < 1.29 is 13.3 Å². The number of thiophene rings is 1. The quantitative estimate of drug-likeness (QED) is 0.621. The maximum absolute atomic E-state index is 12.5. The third-order valence-electron chi connectivity index (χ3n) is 2.88. The Balaban J connectivity index is 2.35. The normalized spacial score (nSPS) is 15.2. The molecule has 1 heterocycles. The lowest BCUT2D eigenvalue weighted by Gasteiger charge is -2.19. The second-order valence-electron chi connectivity index (χ2n) is 4.33. The standard InChI is InChI=1S/C10H12N4O4S2/c11-4-1-5-13(7-2-3-7)20(17,18)9-6-8(14(15)16)10(12)19-9/h6-7H,1-3,5,12H2. The molecule has 0 amide bonds. The van der Waals surface area contributed by atoms with Crippen LogP contribution in [0.15, 0.2) is 10.3 Å². The van der Waals surface area contributed by atoms with Crippen molar-refractivity contribution in [3.63, 3.8) is 0 Å². The molecule has 0 bridgehead atoms. The molecule has 2 rings (SSSR count). The Hall–Kier alpha value is -1.70. The van der Waals surface area contributed by atoms with Crippen molar-refractivity contribution in [2.45, 2.75) is 29.5 Å².